The standard InChI is InChI=1S/C31H25Cl2N3O4S/c1-40-28-15-14-24(18-26(28)33)34-29(37)19-41-25-9-5-8-23(17-25)35-31(39)27(16-20-10-12-22(32)13-11-20)36-30(38)21-6-3-2-4-7-21/h2-18H,19H2,1H3,(H,34,37)(H,35,39)(H,36,38)/b27-16-. The van der Waals surface area contributed by atoms with Crippen LogP contribution in [-0.4, -0.2) is 30.6 Å². The third-order valence-electron chi connectivity index (χ3n) is 5.61. The van der Waals surface area contributed by atoms with Crippen LogP contribution in [0.15, 0.2) is 108 Å². The summed E-state index contributed by atoms with van der Waals surface area (Å²) in [4.78, 5) is 39.4. The topological polar surface area (TPSA) is 96.5 Å². The summed E-state index contributed by atoms with van der Waals surface area (Å²) in [6, 6.07) is 27.6. The molecule has 0 aromatic heterocycles. The second kappa shape index (κ2) is 14.4. The lowest BCUT2D eigenvalue weighted by molar-refractivity contribution is -0.114. The number of amides is 3. The van der Waals surface area contributed by atoms with Crippen LogP contribution in [0.1, 0.15) is 15.9 Å². The lowest BCUT2D eigenvalue weighted by Gasteiger charge is -2.12. The Morgan fingerprint density at radius 3 is 2.27 bits per heavy atom. The zero-order chi connectivity index (χ0) is 29.2. The van der Waals surface area contributed by atoms with Gasteiger partial charge in [0.15, 0.2) is 0 Å². The van der Waals surface area contributed by atoms with Gasteiger partial charge in [0, 0.05) is 26.9 Å². The summed E-state index contributed by atoms with van der Waals surface area (Å²) in [5.41, 5.74) is 2.20. The van der Waals surface area contributed by atoms with Crippen molar-refractivity contribution < 1.29 is 19.1 Å². The summed E-state index contributed by atoms with van der Waals surface area (Å²) in [6.45, 7) is 0. The van der Waals surface area contributed by atoms with Gasteiger partial charge in [-0.25, -0.2) is 0 Å². The van der Waals surface area contributed by atoms with Gasteiger partial charge in [-0.3, -0.25) is 14.4 Å². The maximum Gasteiger partial charge on any atom is 0.272 e. The highest BCUT2D eigenvalue weighted by atomic mass is 35.5. The third kappa shape index (κ3) is 8.88. The van der Waals surface area contributed by atoms with E-state index in [0.29, 0.717) is 38.3 Å². The number of benzene rings is 4. The van der Waals surface area contributed by atoms with E-state index < -0.39 is 11.8 Å². The summed E-state index contributed by atoms with van der Waals surface area (Å²) in [7, 11) is 1.52. The highest BCUT2D eigenvalue weighted by Crippen LogP contribution is 2.28. The van der Waals surface area contributed by atoms with Crippen LogP contribution in [0, 0.1) is 0 Å². The van der Waals surface area contributed by atoms with Crippen molar-refractivity contribution in [1.29, 1.82) is 0 Å². The molecule has 0 spiro atoms. The summed E-state index contributed by atoms with van der Waals surface area (Å²) >= 11 is 13.4. The largest absolute Gasteiger partial charge is 0.495 e. The lowest BCUT2D eigenvalue weighted by atomic mass is 10.1. The normalized spacial score (nSPS) is 11.0. The van der Waals surface area contributed by atoms with Gasteiger partial charge in [-0.15, -0.1) is 11.8 Å². The molecule has 208 valence electrons. The van der Waals surface area contributed by atoms with Crippen LogP contribution < -0.4 is 20.7 Å². The highest BCUT2D eigenvalue weighted by Gasteiger charge is 2.16. The number of thioether (sulfide) groups is 1. The smallest absolute Gasteiger partial charge is 0.272 e. The van der Waals surface area contributed by atoms with Gasteiger partial charge in [-0.05, 0) is 72.3 Å². The summed E-state index contributed by atoms with van der Waals surface area (Å²) in [5, 5.41) is 9.28. The van der Waals surface area contributed by atoms with Crippen molar-refractivity contribution in [3.8, 4) is 5.75 Å². The molecule has 4 rings (SSSR count). The molecular weight excluding hydrogens is 581 g/mol. The Morgan fingerprint density at radius 2 is 1.56 bits per heavy atom. The Bertz CT molecular complexity index is 1580. The van der Waals surface area contributed by atoms with Crippen LogP contribution in [0.2, 0.25) is 10.0 Å². The second-order valence-corrected chi connectivity index (χ2v) is 10.5. The zero-order valence-electron chi connectivity index (χ0n) is 21.8. The maximum absolute atomic E-state index is 13.3. The molecule has 41 heavy (non-hydrogen) atoms. The minimum absolute atomic E-state index is 0.0526. The molecule has 4 aromatic rings. The second-order valence-electron chi connectivity index (χ2n) is 8.60. The van der Waals surface area contributed by atoms with Crippen LogP contribution in [0.3, 0.4) is 0 Å². The van der Waals surface area contributed by atoms with Crippen molar-refractivity contribution in [3.05, 3.63) is 124 Å². The van der Waals surface area contributed by atoms with Crippen LogP contribution >= 0.6 is 35.0 Å². The monoisotopic (exact) mass is 605 g/mol. The van der Waals surface area contributed by atoms with Gasteiger partial charge in [0.1, 0.15) is 11.4 Å². The molecule has 0 heterocycles. The van der Waals surface area contributed by atoms with Crippen molar-refractivity contribution in [2.75, 3.05) is 23.5 Å². The number of methoxy groups -OCH3 is 1. The molecule has 0 unspecified atom stereocenters. The number of hydrogen-bond acceptors (Lipinski definition) is 5. The first kappa shape index (κ1) is 29.7. The van der Waals surface area contributed by atoms with E-state index in [1.54, 1.807) is 97.1 Å². The summed E-state index contributed by atoms with van der Waals surface area (Å²) < 4.78 is 5.13. The van der Waals surface area contributed by atoms with Gasteiger partial charge in [-0.2, -0.15) is 0 Å². The van der Waals surface area contributed by atoms with Crippen molar-refractivity contribution >= 4 is 70.1 Å². The Balaban J connectivity index is 1.43. The van der Waals surface area contributed by atoms with E-state index in [2.05, 4.69) is 16.0 Å². The van der Waals surface area contributed by atoms with Gasteiger partial charge in [0.05, 0.1) is 17.9 Å². The average Bonchev–Trinajstić information content (AvgIpc) is 2.97. The number of nitrogens with one attached hydrogen (secondary N) is 3. The molecule has 0 aliphatic heterocycles. The maximum atomic E-state index is 13.3. The average molecular weight is 607 g/mol. The lowest BCUT2D eigenvalue weighted by Crippen LogP contribution is -2.30. The molecule has 0 fully saturated rings. The van der Waals surface area contributed by atoms with E-state index >= 15 is 0 Å². The molecule has 3 amide bonds. The number of ether oxygens (including phenoxy) is 1. The molecule has 0 aliphatic rings. The summed E-state index contributed by atoms with van der Waals surface area (Å²) in [5.74, 6) is -0.503. The molecule has 0 bridgehead atoms. The molecule has 0 atom stereocenters. The zero-order valence-corrected chi connectivity index (χ0v) is 24.1. The molecule has 0 radical (unpaired) electrons. The molecule has 0 aliphatic carbocycles. The first-order valence-corrected chi connectivity index (χ1v) is 14.1. The van der Waals surface area contributed by atoms with Crippen LogP contribution in [0.25, 0.3) is 6.08 Å². The Morgan fingerprint density at radius 1 is 0.829 bits per heavy atom. The molecule has 7 nitrogen and oxygen atoms in total. The predicted octanol–water partition coefficient (Wildman–Crippen LogP) is 7.14. The quantitative estimate of drug-likeness (QED) is 0.132. The van der Waals surface area contributed by atoms with E-state index in [4.69, 9.17) is 27.9 Å². The van der Waals surface area contributed by atoms with Gasteiger partial charge in [-0.1, -0.05) is 59.6 Å². The van der Waals surface area contributed by atoms with Gasteiger partial charge >= 0.3 is 0 Å². The Hall–Kier alpha value is -4.24. The van der Waals surface area contributed by atoms with E-state index in [-0.39, 0.29) is 17.4 Å². The number of hydrogen-bond donors (Lipinski definition) is 3. The number of carbonyl (C=O) groups excluding carboxylic acids is 3. The van der Waals surface area contributed by atoms with Gasteiger partial charge < -0.3 is 20.7 Å². The van der Waals surface area contributed by atoms with Gasteiger partial charge in [0.25, 0.3) is 11.8 Å². The summed E-state index contributed by atoms with van der Waals surface area (Å²) in [6.07, 6.45) is 1.57. The number of carbonyl (C=O) groups is 3. The van der Waals surface area contributed by atoms with Crippen molar-refractivity contribution in [2.24, 2.45) is 0 Å². The number of rotatable bonds is 10. The number of anilines is 2. The fraction of sp³-hybridized carbons (Fsp3) is 0.0645. The SMILES string of the molecule is COc1ccc(NC(=O)CSc2cccc(NC(=O)/C(=C/c3ccc(Cl)cc3)NC(=O)c3ccccc3)c2)cc1Cl. The van der Waals surface area contributed by atoms with Crippen LogP contribution in [-0.2, 0) is 9.59 Å². The molecular formula is C31H25Cl2N3O4S. The minimum Gasteiger partial charge on any atom is -0.495 e. The third-order valence-corrected chi connectivity index (χ3v) is 7.15. The van der Waals surface area contributed by atoms with E-state index in [0.717, 1.165) is 4.90 Å². The van der Waals surface area contributed by atoms with Crippen molar-refractivity contribution in [1.82, 2.24) is 5.32 Å². The van der Waals surface area contributed by atoms with E-state index in [1.165, 1.54) is 18.9 Å². The molecule has 3 N–H and O–H groups in total. The molecule has 0 saturated carbocycles. The van der Waals surface area contributed by atoms with Gasteiger partial charge in [0.2, 0.25) is 5.91 Å². The molecule has 0 saturated heterocycles. The van der Waals surface area contributed by atoms with E-state index in [9.17, 15) is 14.4 Å². The van der Waals surface area contributed by atoms with Crippen molar-refractivity contribution in [2.45, 2.75) is 4.90 Å². The van der Waals surface area contributed by atoms with Crippen LogP contribution in [0.5, 0.6) is 5.75 Å². The minimum atomic E-state index is -0.513. The Kier molecular flexibility index (Phi) is 10.5. The van der Waals surface area contributed by atoms with Crippen LogP contribution in [0.4, 0.5) is 11.4 Å². The fourth-order valence-corrected chi connectivity index (χ4v) is 4.76. The number of halogens is 2. The highest BCUT2D eigenvalue weighted by molar-refractivity contribution is 8.00. The van der Waals surface area contributed by atoms with Crippen molar-refractivity contribution in [3.63, 3.8) is 0 Å². The predicted molar refractivity (Wildman–Crippen MR) is 166 cm³/mol. The Labute approximate surface area is 251 Å². The first-order chi connectivity index (χ1) is 19.8. The molecule has 4 aromatic carbocycles. The fourth-order valence-electron chi connectivity index (χ4n) is 3.62. The van der Waals surface area contributed by atoms with E-state index in [1.807, 2.05) is 6.07 Å². The molecule has 10 heteroatoms. The first-order valence-electron chi connectivity index (χ1n) is 12.3.